The second-order valence-electron chi connectivity index (χ2n) is 3.65. The number of hydrogen-bond donors (Lipinski definition) is 2. The Balaban J connectivity index is 2.84. The summed E-state index contributed by atoms with van der Waals surface area (Å²) in [5, 5.41) is 12.6. The monoisotopic (exact) mass is 257 g/mol. The lowest BCUT2D eigenvalue weighted by Crippen LogP contribution is -2.35. The lowest BCUT2D eigenvalue weighted by molar-refractivity contribution is -0.117. The Morgan fingerprint density at radius 2 is 2.24 bits per heavy atom. The molecule has 1 aromatic rings. The standard InChI is InChI=1S/C12H13ClFNO2/c1-3-11(16)15-7(2)12(17)8-4-9(13)6-10(14)5-8/h3-7,12,17H,1H2,2H3,(H,15,16). The number of carbonyl (C=O) groups excluding carboxylic acids is 1. The first-order valence-electron chi connectivity index (χ1n) is 5.01. The highest BCUT2D eigenvalue weighted by Gasteiger charge is 2.18. The minimum absolute atomic E-state index is 0.196. The van der Waals surface area contributed by atoms with Crippen LogP contribution in [0.25, 0.3) is 0 Å². The smallest absolute Gasteiger partial charge is 0.243 e. The second-order valence-corrected chi connectivity index (χ2v) is 4.09. The van der Waals surface area contributed by atoms with Gasteiger partial charge in [0, 0.05) is 5.02 Å². The minimum atomic E-state index is -1.04. The fourth-order valence-electron chi connectivity index (χ4n) is 1.40. The third kappa shape index (κ3) is 3.84. The van der Waals surface area contributed by atoms with E-state index >= 15 is 0 Å². The van der Waals surface area contributed by atoms with Crippen molar-refractivity contribution in [3.8, 4) is 0 Å². The highest BCUT2D eigenvalue weighted by Crippen LogP contribution is 2.22. The molecule has 5 heteroatoms. The van der Waals surface area contributed by atoms with Crippen molar-refractivity contribution >= 4 is 17.5 Å². The number of carbonyl (C=O) groups is 1. The SMILES string of the molecule is C=CC(=O)NC(C)C(O)c1cc(F)cc(Cl)c1. The predicted molar refractivity (Wildman–Crippen MR) is 64.2 cm³/mol. The Labute approximate surface area is 104 Å². The number of amides is 1. The van der Waals surface area contributed by atoms with Crippen molar-refractivity contribution in [1.82, 2.24) is 5.32 Å². The number of hydrogen-bond acceptors (Lipinski definition) is 2. The molecule has 0 radical (unpaired) electrons. The lowest BCUT2D eigenvalue weighted by Gasteiger charge is -2.20. The summed E-state index contributed by atoms with van der Waals surface area (Å²) in [6.45, 7) is 4.90. The van der Waals surface area contributed by atoms with Crippen molar-refractivity contribution in [2.75, 3.05) is 0 Å². The molecule has 0 saturated carbocycles. The van der Waals surface area contributed by atoms with Gasteiger partial charge in [-0.05, 0) is 36.8 Å². The molecular weight excluding hydrogens is 245 g/mol. The summed E-state index contributed by atoms with van der Waals surface area (Å²) in [5.74, 6) is -0.937. The zero-order valence-electron chi connectivity index (χ0n) is 9.28. The summed E-state index contributed by atoms with van der Waals surface area (Å²) >= 11 is 5.68. The van der Waals surface area contributed by atoms with Gasteiger partial charge in [-0.2, -0.15) is 0 Å². The van der Waals surface area contributed by atoms with E-state index < -0.39 is 23.9 Å². The number of benzene rings is 1. The van der Waals surface area contributed by atoms with Gasteiger partial charge in [-0.3, -0.25) is 4.79 Å². The lowest BCUT2D eigenvalue weighted by atomic mass is 10.0. The van der Waals surface area contributed by atoms with Crippen molar-refractivity contribution in [1.29, 1.82) is 0 Å². The summed E-state index contributed by atoms with van der Waals surface area (Å²) in [5.41, 5.74) is 0.312. The number of halogens is 2. The van der Waals surface area contributed by atoms with Gasteiger partial charge >= 0.3 is 0 Å². The molecule has 17 heavy (non-hydrogen) atoms. The van der Waals surface area contributed by atoms with E-state index in [-0.39, 0.29) is 5.02 Å². The molecule has 0 saturated heterocycles. The minimum Gasteiger partial charge on any atom is -0.386 e. The summed E-state index contributed by atoms with van der Waals surface area (Å²) < 4.78 is 13.1. The normalized spacial score (nSPS) is 13.9. The van der Waals surface area contributed by atoms with Crippen molar-refractivity contribution in [2.45, 2.75) is 19.1 Å². The van der Waals surface area contributed by atoms with Gasteiger partial charge in [-0.15, -0.1) is 0 Å². The highest BCUT2D eigenvalue weighted by molar-refractivity contribution is 6.30. The maximum Gasteiger partial charge on any atom is 0.243 e. The van der Waals surface area contributed by atoms with Gasteiger partial charge in [0.1, 0.15) is 5.82 Å². The van der Waals surface area contributed by atoms with Crippen LogP contribution in [0.5, 0.6) is 0 Å². The first-order chi connectivity index (χ1) is 7.93. The quantitative estimate of drug-likeness (QED) is 0.813. The molecule has 2 atom stereocenters. The van der Waals surface area contributed by atoms with Crippen LogP contribution in [0, 0.1) is 5.82 Å². The third-order valence-corrected chi connectivity index (χ3v) is 2.47. The average Bonchev–Trinajstić information content (AvgIpc) is 2.26. The largest absolute Gasteiger partial charge is 0.386 e. The van der Waals surface area contributed by atoms with E-state index in [2.05, 4.69) is 11.9 Å². The highest BCUT2D eigenvalue weighted by atomic mass is 35.5. The van der Waals surface area contributed by atoms with Gasteiger partial charge in [-0.25, -0.2) is 4.39 Å². The molecule has 0 spiro atoms. The molecule has 0 bridgehead atoms. The molecule has 1 amide bonds. The molecular formula is C12H13ClFNO2. The first-order valence-corrected chi connectivity index (χ1v) is 5.39. The Morgan fingerprint density at radius 3 is 2.76 bits per heavy atom. The number of rotatable bonds is 4. The van der Waals surface area contributed by atoms with E-state index in [1.165, 1.54) is 12.1 Å². The fourth-order valence-corrected chi connectivity index (χ4v) is 1.63. The van der Waals surface area contributed by atoms with Gasteiger partial charge in [-0.1, -0.05) is 18.2 Å². The predicted octanol–water partition coefficient (Wildman–Crippen LogP) is 2.20. The summed E-state index contributed by atoms with van der Waals surface area (Å²) in [6, 6.07) is 3.20. The summed E-state index contributed by atoms with van der Waals surface area (Å²) in [4.78, 5) is 11.1. The van der Waals surface area contributed by atoms with E-state index in [4.69, 9.17) is 11.6 Å². The van der Waals surface area contributed by atoms with Crippen LogP contribution in [-0.2, 0) is 4.79 Å². The summed E-state index contributed by atoms with van der Waals surface area (Å²) in [7, 11) is 0. The van der Waals surface area contributed by atoms with Crippen LogP contribution in [0.1, 0.15) is 18.6 Å². The van der Waals surface area contributed by atoms with Crippen LogP contribution in [-0.4, -0.2) is 17.1 Å². The Morgan fingerprint density at radius 1 is 1.59 bits per heavy atom. The maximum absolute atomic E-state index is 13.1. The van der Waals surface area contributed by atoms with Crippen molar-refractivity contribution in [3.05, 3.63) is 47.3 Å². The zero-order chi connectivity index (χ0) is 13.0. The van der Waals surface area contributed by atoms with Crippen LogP contribution in [0.4, 0.5) is 4.39 Å². The molecule has 2 N–H and O–H groups in total. The molecule has 1 aromatic carbocycles. The van der Waals surface area contributed by atoms with E-state index in [9.17, 15) is 14.3 Å². The van der Waals surface area contributed by atoms with Gasteiger partial charge in [0.25, 0.3) is 0 Å². The molecule has 92 valence electrons. The molecule has 0 aromatic heterocycles. The Kier molecular flexibility index (Phi) is 4.66. The first kappa shape index (κ1) is 13.7. The van der Waals surface area contributed by atoms with Gasteiger partial charge in [0.05, 0.1) is 12.1 Å². The third-order valence-electron chi connectivity index (χ3n) is 2.26. The van der Waals surface area contributed by atoms with Crippen LogP contribution in [0.15, 0.2) is 30.9 Å². The maximum atomic E-state index is 13.1. The van der Waals surface area contributed by atoms with Crippen LogP contribution >= 0.6 is 11.6 Å². The van der Waals surface area contributed by atoms with Crippen molar-refractivity contribution < 1.29 is 14.3 Å². The Bertz CT molecular complexity index is 416. The number of aliphatic hydroxyl groups excluding tert-OH is 1. The number of nitrogens with one attached hydrogen (secondary N) is 1. The van der Waals surface area contributed by atoms with Gasteiger partial charge in [0.2, 0.25) is 5.91 Å². The molecule has 2 unspecified atom stereocenters. The number of aliphatic hydroxyl groups is 1. The average molecular weight is 258 g/mol. The van der Waals surface area contributed by atoms with Crippen molar-refractivity contribution in [2.24, 2.45) is 0 Å². The molecule has 0 heterocycles. The molecule has 3 nitrogen and oxygen atoms in total. The van der Waals surface area contributed by atoms with Crippen molar-refractivity contribution in [3.63, 3.8) is 0 Å². The topological polar surface area (TPSA) is 49.3 Å². The van der Waals surface area contributed by atoms with Gasteiger partial charge in [0.15, 0.2) is 0 Å². The zero-order valence-corrected chi connectivity index (χ0v) is 10.0. The van der Waals surface area contributed by atoms with E-state index in [0.29, 0.717) is 5.56 Å². The molecule has 0 fully saturated rings. The van der Waals surface area contributed by atoms with Crippen LogP contribution in [0.3, 0.4) is 0 Å². The summed E-state index contributed by atoms with van der Waals surface area (Å²) in [6.07, 6.45) is 0.0639. The fraction of sp³-hybridized carbons (Fsp3) is 0.250. The van der Waals surface area contributed by atoms with Crippen LogP contribution < -0.4 is 5.32 Å². The molecule has 0 aliphatic rings. The molecule has 1 rings (SSSR count). The Hall–Kier alpha value is -1.39. The van der Waals surface area contributed by atoms with E-state index in [1.807, 2.05) is 0 Å². The second kappa shape index (κ2) is 5.80. The van der Waals surface area contributed by atoms with Crippen LogP contribution in [0.2, 0.25) is 5.02 Å². The molecule has 0 aliphatic heterocycles. The van der Waals surface area contributed by atoms with E-state index in [1.54, 1.807) is 6.92 Å². The molecule has 0 aliphatic carbocycles. The van der Waals surface area contributed by atoms with E-state index in [0.717, 1.165) is 12.1 Å². The van der Waals surface area contributed by atoms with Gasteiger partial charge < -0.3 is 10.4 Å².